The fourth-order valence-electron chi connectivity index (χ4n) is 4.86. The van der Waals surface area contributed by atoms with Crippen molar-refractivity contribution < 1.29 is 17.9 Å². The van der Waals surface area contributed by atoms with Gasteiger partial charge in [-0.25, -0.2) is 13.4 Å². The summed E-state index contributed by atoms with van der Waals surface area (Å²) in [5.41, 5.74) is 4.81. The average molecular weight is 501 g/mol. The molecule has 182 valence electrons. The first-order valence-electron chi connectivity index (χ1n) is 11.4. The van der Waals surface area contributed by atoms with E-state index in [1.807, 2.05) is 51.1 Å². The summed E-state index contributed by atoms with van der Waals surface area (Å²) < 4.78 is 37.7. The summed E-state index contributed by atoms with van der Waals surface area (Å²) in [5.74, 6) is 1.54. The number of aromatic nitrogens is 1. The maximum Gasteiger partial charge on any atom is 0.185 e. The number of sulfone groups is 1. The molecule has 6 nitrogen and oxygen atoms in total. The van der Waals surface area contributed by atoms with Gasteiger partial charge in [0.15, 0.2) is 15.0 Å². The summed E-state index contributed by atoms with van der Waals surface area (Å²) >= 11 is 1.61. The lowest BCUT2D eigenvalue weighted by molar-refractivity contribution is 0.391. The van der Waals surface area contributed by atoms with E-state index in [1.165, 1.54) is 0 Å². The second-order valence-electron chi connectivity index (χ2n) is 8.94. The number of benzene rings is 2. The smallest absolute Gasteiger partial charge is 0.185 e. The van der Waals surface area contributed by atoms with Gasteiger partial charge >= 0.3 is 0 Å². The van der Waals surface area contributed by atoms with Gasteiger partial charge in [-0.15, -0.1) is 11.3 Å². The minimum atomic E-state index is -3.36. The van der Waals surface area contributed by atoms with Crippen LogP contribution in [0.1, 0.15) is 40.8 Å². The molecule has 2 aromatic carbocycles. The number of anilines is 1. The Balaban J connectivity index is 1.44. The molecular weight excluding hydrogens is 468 g/mol. The van der Waals surface area contributed by atoms with Gasteiger partial charge in [0, 0.05) is 36.5 Å². The molecule has 0 amide bonds. The number of aryl methyl sites for hydroxylation is 3. The van der Waals surface area contributed by atoms with Gasteiger partial charge in [0.2, 0.25) is 0 Å². The maximum atomic E-state index is 13.4. The summed E-state index contributed by atoms with van der Waals surface area (Å²) in [6.45, 7) is 7.18. The average Bonchev–Trinajstić information content (AvgIpc) is 3.27. The van der Waals surface area contributed by atoms with Crippen LogP contribution in [0.4, 0.5) is 5.13 Å². The van der Waals surface area contributed by atoms with E-state index in [-0.39, 0.29) is 5.25 Å². The van der Waals surface area contributed by atoms with Crippen molar-refractivity contribution in [3.05, 3.63) is 63.7 Å². The normalized spacial score (nSPS) is 14.9. The van der Waals surface area contributed by atoms with Crippen LogP contribution >= 0.6 is 11.3 Å². The summed E-state index contributed by atoms with van der Waals surface area (Å²) in [4.78, 5) is 7.56. The number of piperidine rings is 1. The van der Waals surface area contributed by atoms with Crippen LogP contribution in [0, 0.1) is 20.8 Å². The van der Waals surface area contributed by atoms with Gasteiger partial charge in [-0.2, -0.15) is 0 Å². The van der Waals surface area contributed by atoms with Gasteiger partial charge in [-0.05, 0) is 50.8 Å². The third kappa shape index (κ3) is 4.93. The third-order valence-electron chi connectivity index (χ3n) is 6.45. The number of ether oxygens (including phenoxy) is 2. The van der Waals surface area contributed by atoms with E-state index in [4.69, 9.17) is 14.5 Å². The Morgan fingerprint density at radius 3 is 2.32 bits per heavy atom. The van der Waals surface area contributed by atoms with Crippen molar-refractivity contribution in [2.75, 3.05) is 32.2 Å². The quantitative estimate of drug-likeness (QED) is 0.449. The zero-order valence-electron chi connectivity index (χ0n) is 20.4. The molecule has 1 aliphatic rings. The topological polar surface area (TPSA) is 68.7 Å². The predicted octanol–water partition coefficient (Wildman–Crippen LogP) is 5.12. The van der Waals surface area contributed by atoms with Crippen molar-refractivity contribution in [1.82, 2.24) is 4.98 Å². The van der Waals surface area contributed by atoms with Crippen molar-refractivity contribution in [2.24, 2.45) is 0 Å². The number of methoxy groups -OCH3 is 2. The van der Waals surface area contributed by atoms with Crippen LogP contribution in [0.3, 0.4) is 0 Å². The molecule has 0 aliphatic carbocycles. The Hall–Kier alpha value is -2.58. The standard InChI is InChI=1S/C26H32N2O4S2/c1-17-12-18(2)25(19(3)13-17)34(29,30)23-8-10-28(11-9-23)26-27-21(16-33-26)14-20-6-7-22(31-4)15-24(20)32-5/h6-7,12-13,15-16,23H,8-11,14H2,1-5H3. The molecule has 4 rings (SSSR count). The van der Waals surface area contributed by atoms with E-state index in [9.17, 15) is 8.42 Å². The number of thiazole rings is 1. The molecule has 1 fully saturated rings. The lowest BCUT2D eigenvalue weighted by Gasteiger charge is -2.32. The van der Waals surface area contributed by atoms with Gasteiger partial charge in [-0.1, -0.05) is 23.8 Å². The van der Waals surface area contributed by atoms with Crippen molar-refractivity contribution in [3.8, 4) is 11.5 Å². The Morgan fingerprint density at radius 1 is 1.03 bits per heavy atom. The Bertz CT molecular complexity index is 1250. The molecule has 3 aromatic rings. The van der Waals surface area contributed by atoms with Crippen LogP contribution in [0.25, 0.3) is 0 Å². The molecule has 1 saturated heterocycles. The highest BCUT2D eigenvalue weighted by Gasteiger charge is 2.34. The van der Waals surface area contributed by atoms with E-state index in [2.05, 4.69) is 10.3 Å². The van der Waals surface area contributed by atoms with Crippen LogP contribution in [-0.2, 0) is 16.3 Å². The molecule has 0 bridgehead atoms. The summed E-state index contributed by atoms with van der Waals surface area (Å²) in [5, 5.41) is 2.66. The SMILES string of the molecule is COc1ccc(Cc2csc(N3CCC(S(=O)(=O)c4c(C)cc(C)cc4C)CC3)n2)c(OC)c1. The van der Waals surface area contributed by atoms with Crippen molar-refractivity contribution in [1.29, 1.82) is 0 Å². The Kier molecular flexibility index (Phi) is 7.19. The van der Waals surface area contributed by atoms with E-state index in [0.29, 0.717) is 37.2 Å². The molecule has 0 saturated carbocycles. The van der Waals surface area contributed by atoms with E-state index in [1.54, 1.807) is 25.6 Å². The second kappa shape index (κ2) is 9.96. The lowest BCUT2D eigenvalue weighted by Crippen LogP contribution is -2.39. The van der Waals surface area contributed by atoms with Gasteiger partial charge in [0.1, 0.15) is 11.5 Å². The molecule has 0 unspecified atom stereocenters. The summed E-state index contributed by atoms with van der Waals surface area (Å²) in [7, 11) is -0.0696. The van der Waals surface area contributed by atoms with Gasteiger partial charge in [-0.3, -0.25) is 0 Å². The van der Waals surface area contributed by atoms with Crippen molar-refractivity contribution >= 4 is 26.3 Å². The summed E-state index contributed by atoms with van der Waals surface area (Å²) in [6, 6.07) is 9.73. The molecule has 0 atom stereocenters. The van der Waals surface area contributed by atoms with E-state index in [0.717, 1.165) is 44.6 Å². The number of nitrogens with zero attached hydrogens (tertiary/aromatic N) is 2. The highest BCUT2D eigenvalue weighted by Crippen LogP contribution is 2.33. The predicted molar refractivity (Wildman–Crippen MR) is 138 cm³/mol. The zero-order chi connectivity index (χ0) is 24.5. The fourth-order valence-corrected chi connectivity index (χ4v) is 7.91. The Labute approximate surface area is 206 Å². The largest absolute Gasteiger partial charge is 0.497 e. The number of hydrogen-bond donors (Lipinski definition) is 0. The molecule has 1 aliphatic heterocycles. The molecule has 0 spiro atoms. The highest BCUT2D eigenvalue weighted by molar-refractivity contribution is 7.92. The summed E-state index contributed by atoms with van der Waals surface area (Å²) in [6.07, 6.45) is 1.88. The molecule has 0 N–H and O–H groups in total. The maximum absolute atomic E-state index is 13.4. The van der Waals surface area contributed by atoms with E-state index >= 15 is 0 Å². The second-order valence-corrected chi connectivity index (χ2v) is 11.9. The fraction of sp³-hybridized carbons (Fsp3) is 0.423. The van der Waals surface area contributed by atoms with Crippen LogP contribution in [0.15, 0.2) is 40.6 Å². The molecule has 2 heterocycles. The lowest BCUT2D eigenvalue weighted by atomic mass is 10.1. The van der Waals surface area contributed by atoms with Gasteiger partial charge < -0.3 is 14.4 Å². The molecular formula is C26H32N2O4S2. The van der Waals surface area contributed by atoms with Crippen LogP contribution in [-0.4, -0.2) is 46.0 Å². The van der Waals surface area contributed by atoms with Crippen molar-refractivity contribution in [2.45, 2.75) is 50.2 Å². The first-order valence-corrected chi connectivity index (χ1v) is 13.9. The minimum Gasteiger partial charge on any atom is -0.497 e. The molecule has 1 aromatic heterocycles. The Morgan fingerprint density at radius 2 is 1.71 bits per heavy atom. The first kappa shape index (κ1) is 24.5. The molecule has 34 heavy (non-hydrogen) atoms. The first-order chi connectivity index (χ1) is 16.2. The van der Waals surface area contributed by atoms with Gasteiger partial charge in [0.25, 0.3) is 0 Å². The molecule has 0 radical (unpaired) electrons. The van der Waals surface area contributed by atoms with Crippen molar-refractivity contribution in [3.63, 3.8) is 0 Å². The van der Waals surface area contributed by atoms with Crippen LogP contribution < -0.4 is 14.4 Å². The van der Waals surface area contributed by atoms with Crippen LogP contribution in [0.2, 0.25) is 0 Å². The van der Waals surface area contributed by atoms with Gasteiger partial charge in [0.05, 0.1) is 30.1 Å². The number of rotatable bonds is 7. The van der Waals surface area contributed by atoms with E-state index < -0.39 is 9.84 Å². The van der Waals surface area contributed by atoms with Crippen LogP contribution in [0.5, 0.6) is 11.5 Å². The highest BCUT2D eigenvalue weighted by atomic mass is 32.2. The number of hydrogen-bond acceptors (Lipinski definition) is 7. The minimum absolute atomic E-state index is 0.355. The molecule has 8 heteroatoms. The monoisotopic (exact) mass is 500 g/mol. The zero-order valence-corrected chi connectivity index (χ0v) is 22.1. The third-order valence-corrected chi connectivity index (χ3v) is 9.96.